The number of rotatable bonds is 1. The molecule has 2 heterocycles. The van der Waals surface area contributed by atoms with Crippen LogP contribution in [-0.4, -0.2) is 11.5 Å². The molecule has 0 saturated carbocycles. The molecule has 3 rings (SSSR count). The van der Waals surface area contributed by atoms with E-state index in [1.54, 1.807) is 11.3 Å². The molecule has 1 aliphatic heterocycles. The fourth-order valence-corrected chi connectivity index (χ4v) is 3.20. The average molecular weight is 265 g/mol. The number of nitrogens with zero attached hydrogens (tertiary/aromatic N) is 1. The highest BCUT2D eigenvalue weighted by Gasteiger charge is 2.14. The highest BCUT2D eigenvalue weighted by Crippen LogP contribution is 2.33. The van der Waals surface area contributed by atoms with Crippen molar-refractivity contribution in [2.45, 2.75) is 19.3 Å². The Morgan fingerprint density at radius 2 is 2.00 bits per heavy atom. The smallest absolute Gasteiger partial charge is 0.140 e. The van der Waals surface area contributed by atoms with Crippen molar-refractivity contribution in [3.05, 3.63) is 34.2 Å². The number of anilines is 1. The molecule has 88 valence electrons. The second kappa shape index (κ2) is 4.67. The molecule has 17 heavy (non-hydrogen) atoms. The van der Waals surface area contributed by atoms with Crippen molar-refractivity contribution in [3.63, 3.8) is 0 Å². The summed E-state index contributed by atoms with van der Waals surface area (Å²) >= 11 is 7.68. The summed E-state index contributed by atoms with van der Waals surface area (Å²) in [4.78, 5) is 6.06. The Morgan fingerprint density at radius 1 is 1.18 bits per heavy atom. The van der Waals surface area contributed by atoms with Gasteiger partial charge in [0.25, 0.3) is 0 Å². The van der Waals surface area contributed by atoms with Crippen LogP contribution in [0, 0.1) is 0 Å². The first-order valence-corrected chi connectivity index (χ1v) is 7.02. The van der Waals surface area contributed by atoms with Crippen molar-refractivity contribution in [1.82, 2.24) is 4.98 Å². The first-order valence-electron chi connectivity index (χ1n) is 5.82. The van der Waals surface area contributed by atoms with Crippen LogP contribution in [0.5, 0.6) is 0 Å². The molecule has 1 aromatic carbocycles. The Bertz CT molecular complexity index is 495. The molecule has 4 heteroatoms. The zero-order valence-corrected chi connectivity index (χ0v) is 10.9. The predicted molar refractivity (Wildman–Crippen MR) is 74.0 cm³/mol. The standard InChI is InChI=1S/C13H13ClN2S/c14-10-6-4-9(5-7-10)13-16-12-11(17-13)3-1-2-8-15-12/h4-7,15H,1-3,8H2. The SMILES string of the molecule is Clc1ccc(-c2nc3c(s2)CCCCN3)cc1. The second-order valence-electron chi connectivity index (χ2n) is 4.18. The largest absolute Gasteiger partial charge is 0.369 e. The van der Waals surface area contributed by atoms with Gasteiger partial charge in [-0.25, -0.2) is 4.98 Å². The van der Waals surface area contributed by atoms with Crippen LogP contribution in [0.2, 0.25) is 5.02 Å². The van der Waals surface area contributed by atoms with Crippen molar-refractivity contribution in [1.29, 1.82) is 0 Å². The quantitative estimate of drug-likeness (QED) is 0.835. The molecule has 1 aromatic heterocycles. The number of hydrogen-bond acceptors (Lipinski definition) is 3. The van der Waals surface area contributed by atoms with Gasteiger partial charge in [-0.05, 0) is 31.4 Å². The minimum absolute atomic E-state index is 0.769. The molecule has 1 aliphatic rings. The van der Waals surface area contributed by atoms with Gasteiger partial charge in [0.1, 0.15) is 10.8 Å². The van der Waals surface area contributed by atoms with Gasteiger partial charge in [0.05, 0.1) is 0 Å². The Kier molecular flexibility index (Phi) is 3.04. The highest BCUT2D eigenvalue weighted by molar-refractivity contribution is 7.15. The van der Waals surface area contributed by atoms with E-state index in [0.717, 1.165) is 34.4 Å². The third-order valence-electron chi connectivity index (χ3n) is 2.91. The van der Waals surface area contributed by atoms with E-state index in [-0.39, 0.29) is 0 Å². The van der Waals surface area contributed by atoms with Crippen LogP contribution < -0.4 is 5.32 Å². The molecule has 0 atom stereocenters. The number of thiazole rings is 1. The lowest BCUT2D eigenvalue weighted by Gasteiger charge is -1.98. The van der Waals surface area contributed by atoms with E-state index in [9.17, 15) is 0 Å². The van der Waals surface area contributed by atoms with Gasteiger partial charge in [-0.3, -0.25) is 0 Å². The van der Waals surface area contributed by atoms with Crippen molar-refractivity contribution in [2.24, 2.45) is 0 Å². The summed E-state index contributed by atoms with van der Waals surface area (Å²) in [5.74, 6) is 1.08. The Morgan fingerprint density at radius 3 is 2.82 bits per heavy atom. The third kappa shape index (κ3) is 2.31. The lowest BCUT2D eigenvalue weighted by atomic mass is 10.2. The number of halogens is 1. The molecule has 0 amide bonds. The van der Waals surface area contributed by atoms with Gasteiger partial charge in [0, 0.05) is 22.0 Å². The van der Waals surface area contributed by atoms with Crippen LogP contribution in [0.3, 0.4) is 0 Å². The maximum absolute atomic E-state index is 5.89. The van der Waals surface area contributed by atoms with E-state index < -0.39 is 0 Å². The summed E-state index contributed by atoms with van der Waals surface area (Å²) in [5.41, 5.74) is 1.15. The minimum atomic E-state index is 0.769. The fraction of sp³-hybridized carbons (Fsp3) is 0.308. The maximum atomic E-state index is 5.89. The minimum Gasteiger partial charge on any atom is -0.369 e. The fourth-order valence-electron chi connectivity index (χ4n) is 1.99. The summed E-state index contributed by atoms with van der Waals surface area (Å²) in [7, 11) is 0. The van der Waals surface area contributed by atoms with E-state index in [1.807, 2.05) is 24.3 Å². The molecule has 1 N–H and O–H groups in total. The number of hydrogen-bond donors (Lipinski definition) is 1. The molecule has 0 aliphatic carbocycles. The van der Waals surface area contributed by atoms with Crippen molar-refractivity contribution >= 4 is 28.8 Å². The molecule has 0 unspecified atom stereocenters. The molecule has 0 radical (unpaired) electrons. The van der Waals surface area contributed by atoms with Crippen LogP contribution in [0.15, 0.2) is 24.3 Å². The van der Waals surface area contributed by atoms with Gasteiger partial charge in [-0.15, -0.1) is 11.3 Å². The Labute approximate surface area is 110 Å². The van der Waals surface area contributed by atoms with Gasteiger partial charge in [0.15, 0.2) is 0 Å². The number of fused-ring (bicyclic) bond motifs is 1. The molecule has 0 spiro atoms. The summed E-state index contributed by atoms with van der Waals surface area (Å²) < 4.78 is 0. The lowest BCUT2D eigenvalue weighted by molar-refractivity contribution is 0.790. The number of benzene rings is 1. The molecular weight excluding hydrogens is 252 g/mol. The molecule has 0 fully saturated rings. The normalized spacial score (nSPS) is 14.9. The van der Waals surface area contributed by atoms with Gasteiger partial charge in [0.2, 0.25) is 0 Å². The van der Waals surface area contributed by atoms with Gasteiger partial charge in [-0.2, -0.15) is 0 Å². The number of aryl methyl sites for hydroxylation is 1. The monoisotopic (exact) mass is 264 g/mol. The van der Waals surface area contributed by atoms with Crippen LogP contribution in [0.4, 0.5) is 5.82 Å². The van der Waals surface area contributed by atoms with E-state index in [4.69, 9.17) is 11.6 Å². The van der Waals surface area contributed by atoms with Crippen LogP contribution in [0.25, 0.3) is 10.6 Å². The number of nitrogens with one attached hydrogen (secondary N) is 1. The Balaban J connectivity index is 1.96. The first kappa shape index (κ1) is 11.1. The summed E-state index contributed by atoms with van der Waals surface area (Å²) in [6.07, 6.45) is 3.63. The van der Waals surface area contributed by atoms with Crippen molar-refractivity contribution < 1.29 is 0 Å². The van der Waals surface area contributed by atoms with E-state index in [1.165, 1.54) is 17.7 Å². The molecular formula is C13H13ClN2S. The third-order valence-corrected chi connectivity index (χ3v) is 4.33. The second-order valence-corrected chi connectivity index (χ2v) is 5.70. The molecule has 2 aromatic rings. The first-order chi connectivity index (χ1) is 8.33. The topological polar surface area (TPSA) is 24.9 Å². The molecule has 0 saturated heterocycles. The van der Waals surface area contributed by atoms with E-state index in [0.29, 0.717) is 0 Å². The zero-order chi connectivity index (χ0) is 11.7. The van der Waals surface area contributed by atoms with Crippen molar-refractivity contribution in [3.8, 4) is 10.6 Å². The summed E-state index contributed by atoms with van der Waals surface area (Å²) in [6, 6.07) is 7.88. The van der Waals surface area contributed by atoms with E-state index >= 15 is 0 Å². The van der Waals surface area contributed by atoms with Gasteiger partial charge >= 0.3 is 0 Å². The maximum Gasteiger partial charge on any atom is 0.140 e. The van der Waals surface area contributed by atoms with E-state index in [2.05, 4.69) is 10.3 Å². The lowest BCUT2D eigenvalue weighted by Crippen LogP contribution is -1.99. The van der Waals surface area contributed by atoms with Crippen molar-refractivity contribution in [2.75, 3.05) is 11.9 Å². The highest BCUT2D eigenvalue weighted by atomic mass is 35.5. The predicted octanol–water partition coefficient (Wildman–Crippen LogP) is 4.21. The van der Waals surface area contributed by atoms with Crippen LogP contribution in [-0.2, 0) is 6.42 Å². The average Bonchev–Trinajstić information content (AvgIpc) is 2.62. The summed E-state index contributed by atoms with van der Waals surface area (Å²) in [6.45, 7) is 1.04. The molecule has 2 nitrogen and oxygen atoms in total. The molecule has 0 bridgehead atoms. The number of aromatic nitrogens is 1. The zero-order valence-electron chi connectivity index (χ0n) is 9.37. The summed E-state index contributed by atoms with van der Waals surface area (Å²) in [5, 5.41) is 5.25. The van der Waals surface area contributed by atoms with Gasteiger partial charge in [-0.1, -0.05) is 23.7 Å². The van der Waals surface area contributed by atoms with Crippen LogP contribution in [0.1, 0.15) is 17.7 Å². The Hall–Kier alpha value is -1.06. The van der Waals surface area contributed by atoms with Crippen LogP contribution >= 0.6 is 22.9 Å². The van der Waals surface area contributed by atoms with Gasteiger partial charge < -0.3 is 5.32 Å².